The number of nitrogens with zero attached hydrogens (tertiary/aromatic N) is 3. The van der Waals surface area contributed by atoms with Gasteiger partial charge < -0.3 is 15.4 Å². The lowest BCUT2D eigenvalue weighted by atomic mass is 10.2. The number of benzene rings is 2. The van der Waals surface area contributed by atoms with Gasteiger partial charge in [-0.1, -0.05) is 19.8 Å². The van der Waals surface area contributed by atoms with Crippen molar-refractivity contribution in [3.05, 3.63) is 70.4 Å². The lowest BCUT2D eigenvalue weighted by molar-refractivity contribution is -0.384. The maximum Gasteiger partial charge on any atom is 0.421 e. The number of nitro groups is 1. The number of aromatic nitrogens is 2. The lowest BCUT2D eigenvalue weighted by Crippen LogP contribution is -2.12. The molecule has 0 fully saturated rings. The fraction of sp³-hybridized carbons (Fsp3) is 0.273. The van der Waals surface area contributed by atoms with E-state index >= 15 is 0 Å². The van der Waals surface area contributed by atoms with Crippen molar-refractivity contribution in [2.24, 2.45) is 0 Å². The van der Waals surface area contributed by atoms with Gasteiger partial charge in [-0.3, -0.25) is 10.1 Å². The molecule has 2 aromatic carbocycles. The number of rotatable bonds is 10. The Labute approximate surface area is 188 Å². The Morgan fingerprint density at radius 3 is 2.24 bits per heavy atom. The average molecular weight is 461 g/mol. The lowest BCUT2D eigenvalue weighted by Gasteiger charge is -2.15. The van der Waals surface area contributed by atoms with Crippen LogP contribution in [0.25, 0.3) is 0 Å². The third-order valence-electron chi connectivity index (χ3n) is 4.56. The van der Waals surface area contributed by atoms with E-state index in [1.54, 1.807) is 24.3 Å². The molecule has 0 aliphatic carbocycles. The summed E-state index contributed by atoms with van der Waals surface area (Å²) in [5, 5.41) is 16.2. The normalized spacial score (nSPS) is 11.2. The van der Waals surface area contributed by atoms with Gasteiger partial charge in [-0.2, -0.15) is 18.2 Å². The molecule has 0 saturated carbocycles. The molecule has 33 heavy (non-hydrogen) atoms. The highest BCUT2D eigenvalue weighted by molar-refractivity contribution is 5.63. The van der Waals surface area contributed by atoms with Crippen LogP contribution in [0.4, 0.5) is 42.0 Å². The van der Waals surface area contributed by atoms with Gasteiger partial charge in [0.05, 0.1) is 11.5 Å². The molecule has 3 aromatic rings. The number of nitro benzene ring substituents is 1. The topological polar surface area (TPSA) is 102 Å². The molecule has 11 heteroatoms. The van der Waals surface area contributed by atoms with Gasteiger partial charge in [0.1, 0.15) is 17.1 Å². The first kappa shape index (κ1) is 23.8. The average Bonchev–Trinajstić information content (AvgIpc) is 2.77. The molecule has 0 spiro atoms. The van der Waals surface area contributed by atoms with E-state index in [2.05, 4.69) is 27.5 Å². The summed E-state index contributed by atoms with van der Waals surface area (Å²) in [5.41, 5.74) is -0.372. The van der Waals surface area contributed by atoms with Crippen molar-refractivity contribution in [2.45, 2.75) is 32.4 Å². The van der Waals surface area contributed by atoms with Crippen molar-refractivity contribution in [1.29, 1.82) is 0 Å². The number of anilines is 4. The summed E-state index contributed by atoms with van der Waals surface area (Å²) < 4.78 is 46.0. The van der Waals surface area contributed by atoms with E-state index in [0.717, 1.165) is 19.3 Å². The molecule has 1 heterocycles. The zero-order valence-electron chi connectivity index (χ0n) is 17.7. The predicted octanol–water partition coefficient (Wildman–Crippen LogP) is 6.46. The fourth-order valence-corrected chi connectivity index (χ4v) is 2.85. The van der Waals surface area contributed by atoms with Gasteiger partial charge in [-0.25, -0.2) is 4.98 Å². The second kappa shape index (κ2) is 10.6. The van der Waals surface area contributed by atoms with Gasteiger partial charge in [-0.15, -0.1) is 0 Å². The van der Waals surface area contributed by atoms with Crippen LogP contribution < -0.4 is 15.4 Å². The predicted molar refractivity (Wildman–Crippen MR) is 118 cm³/mol. The van der Waals surface area contributed by atoms with Crippen molar-refractivity contribution in [2.75, 3.05) is 17.2 Å². The minimum absolute atomic E-state index is 0.102. The zero-order chi connectivity index (χ0) is 23.8. The molecular weight excluding hydrogens is 439 g/mol. The van der Waals surface area contributed by atoms with Crippen molar-refractivity contribution in [1.82, 2.24) is 9.97 Å². The SMILES string of the molecule is CCCCCOc1ccc(Nc2nc(Nc3ccc([N+](=O)[O-])cc3)ncc2C(F)(F)F)cc1. The van der Waals surface area contributed by atoms with Gasteiger partial charge in [0.25, 0.3) is 5.69 Å². The highest BCUT2D eigenvalue weighted by Crippen LogP contribution is 2.35. The summed E-state index contributed by atoms with van der Waals surface area (Å²) in [7, 11) is 0. The molecule has 0 aliphatic rings. The Kier molecular flexibility index (Phi) is 7.65. The highest BCUT2D eigenvalue weighted by Gasteiger charge is 2.35. The second-order valence-corrected chi connectivity index (χ2v) is 7.09. The van der Waals surface area contributed by atoms with E-state index in [1.165, 1.54) is 24.3 Å². The standard InChI is InChI=1S/C22H22F3N5O3/c1-2-3-4-13-33-18-11-7-15(8-12-18)27-20-19(22(23,24)25)14-26-21(29-20)28-16-5-9-17(10-6-16)30(31)32/h5-12,14H,2-4,13H2,1H3,(H2,26,27,28,29). The molecule has 0 atom stereocenters. The van der Waals surface area contributed by atoms with E-state index in [-0.39, 0.29) is 11.6 Å². The van der Waals surface area contributed by atoms with Gasteiger partial charge in [0.2, 0.25) is 5.95 Å². The summed E-state index contributed by atoms with van der Waals surface area (Å²) in [6, 6.07) is 11.9. The first-order chi connectivity index (χ1) is 15.8. The number of hydrogen-bond acceptors (Lipinski definition) is 7. The van der Waals surface area contributed by atoms with Crippen molar-refractivity contribution < 1.29 is 22.8 Å². The van der Waals surface area contributed by atoms with E-state index < -0.39 is 22.5 Å². The first-order valence-corrected chi connectivity index (χ1v) is 10.2. The van der Waals surface area contributed by atoms with Gasteiger partial charge in [-0.05, 0) is 42.8 Å². The Morgan fingerprint density at radius 2 is 1.64 bits per heavy atom. The van der Waals surface area contributed by atoms with E-state index in [4.69, 9.17) is 4.74 Å². The summed E-state index contributed by atoms with van der Waals surface area (Å²) in [6.45, 7) is 2.66. The number of nitrogens with one attached hydrogen (secondary N) is 2. The number of alkyl halides is 3. The number of halogens is 3. The van der Waals surface area contributed by atoms with Crippen LogP contribution in [0.1, 0.15) is 31.7 Å². The number of non-ortho nitro benzene ring substituents is 1. The Bertz CT molecular complexity index is 1070. The quantitative estimate of drug-likeness (QED) is 0.203. The summed E-state index contributed by atoms with van der Waals surface area (Å²) in [5.74, 6) is 0.0877. The molecule has 1 aromatic heterocycles. The molecule has 0 saturated heterocycles. The summed E-state index contributed by atoms with van der Waals surface area (Å²) in [6.07, 6.45) is -0.931. The summed E-state index contributed by atoms with van der Waals surface area (Å²) >= 11 is 0. The zero-order valence-corrected chi connectivity index (χ0v) is 17.7. The molecule has 0 radical (unpaired) electrons. The summed E-state index contributed by atoms with van der Waals surface area (Å²) in [4.78, 5) is 17.9. The van der Waals surface area contributed by atoms with Crippen LogP contribution in [-0.2, 0) is 6.18 Å². The van der Waals surface area contributed by atoms with Crippen LogP contribution in [-0.4, -0.2) is 21.5 Å². The second-order valence-electron chi connectivity index (χ2n) is 7.09. The van der Waals surface area contributed by atoms with E-state index in [0.29, 0.717) is 29.9 Å². The smallest absolute Gasteiger partial charge is 0.421 e. The molecule has 8 nitrogen and oxygen atoms in total. The van der Waals surface area contributed by atoms with E-state index in [9.17, 15) is 23.3 Å². The monoisotopic (exact) mass is 461 g/mol. The minimum Gasteiger partial charge on any atom is -0.494 e. The molecular formula is C22H22F3N5O3. The molecule has 0 bridgehead atoms. The Balaban J connectivity index is 1.77. The van der Waals surface area contributed by atoms with Crippen molar-refractivity contribution >= 4 is 28.8 Å². The highest BCUT2D eigenvalue weighted by atomic mass is 19.4. The number of hydrogen-bond donors (Lipinski definition) is 2. The van der Waals surface area contributed by atoms with Gasteiger partial charge >= 0.3 is 6.18 Å². The molecule has 0 amide bonds. The maximum absolute atomic E-state index is 13.5. The maximum atomic E-state index is 13.5. The molecule has 0 aliphatic heterocycles. The van der Waals surface area contributed by atoms with Crippen LogP contribution >= 0.6 is 0 Å². The Morgan fingerprint density at radius 1 is 1.00 bits per heavy atom. The minimum atomic E-state index is -4.67. The third-order valence-corrected chi connectivity index (χ3v) is 4.56. The van der Waals surface area contributed by atoms with Crippen LogP contribution in [0.5, 0.6) is 5.75 Å². The van der Waals surface area contributed by atoms with E-state index in [1.807, 2.05) is 0 Å². The molecule has 2 N–H and O–H groups in total. The fourth-order valence-electron chi connectivity index (χ4n) is 2.85. The van der Waals surface area contributed by atoms with Crippen LogP contribution in [0, 0.1) is 10.1 Å². The van der Waals surface area contributed by atoms with Gasteiger partial charge in [0, 0.05) is 29.7 Å². The molecule has 3 rings (SSSR count). The molecule has 0 unspecified atom stereocenters. The van der Waals surface area contributed by atoms with Crippen LogP contribution in [0.15, 0.2) is 54.7 Å². The van der Waals surface area contributed by atoms with Crippen molar-refractivity contribution in [3.8, 4) is 5.75 Å². The number of ether oxygens (including phenoxy) is 1. The van der Waals surface area contributed by atoms with Crippen molar-refractivity contribution in [3.63, 3.8) is 0 Å². The largest absolute Gasteiger partial charge is 0.494 e. The van der Waals surface area contributed by atoms with Crippen LogP contribution in [0.2, 0.25) is 0 Å². The first-order valence-electron chi connectivity index (χ1n) is 10.2. The third kappa shape index (κ3) is 6.79. The van der Waals surface area contributed by atoms with Crippen LogP contribution in [0.3, 0.4) is 0 Å². The van der Waals surface area contributed by atoms with Gasteiger partial charge in [0.15, 0.2) is 0 Å². The number of unbranched alkanes of at least 4 members (excludes halogenated alkanes) is 2. The Hall–Kier alpha value is -3.89. The molecule has 174 valence electrons.